The first kappa shape index (κ1) is 24.5. The van der Waals surface area contributed by atoms with Gasteiger partial charge in [-0.3, -0.25) is 0 Å². The first-order chi connectivity index (χ1) is 14.3. The van der Waals surface area contributed by atoms with Gasteiger partial charge in [-0.05, 0) is 37.3 Å². The molecular formula is C21H32N4O5Si. The number of hydrogen-bond donors (Lipinski definition) is 1. The summed E-state index contributed by atoms with van der Waals surface area (Å²) in [5, 5.41) is 14.1. The van der Waals surface area contributed by atoms with Crippen molar-refractivity contribution in [2.45, 2.75) is 65.3 Å². The Morgan fingerprint density at radius 2 is 1.87 bits per heavy atom. The number of carbonyl (C=O) groups is 1. The van der Waals surface area contributed by atoms with E-state index in [1.165, 1.54) is 4.57 Å². The average molecular weight is 449 g/mol. The molecule has 2 aromatic rings. The SMILES string of the molecule is CC(C)(C)OC(=O)NCc1ccc(-c2cn(COCC[Si](C)(C)C)c([N+](=O)[O-])n2)cc1. The fourth-order valence-corrected chi connectivity index (χ4v) is 3.37. The molecule has 1 heterocycles. The van der Waals surface area contributed by atoms with Gasteiger partial charge in [0.05, 0.1) is 0 Å². The van der Waals surface area contributed by atoms with Gasteiger partial charge >= 0.3 is 12.0 Å². The fourth-order valence-electron chi connectivity index (χ4n) is 2.61. The van der Waals surface area contributed by atoms with Gasteiger partial charge in [-0.1, -0.05) is 48.9 Å². The summed E-state index contributed by atoms with van der Waals surface area (Å²) in [7, 11) is -1.23. The van der Waals surface area contributed by atoms with Crippen molar-refractivity contribution < 1.29 is 19.2 Å². The van der Waals surface area contributed by atoms with Crippen LogP contribution in [-0.2, 0) is 22.7 Å². The number of carbonyl (C=O) groups excluding carboxylic acids is 1. The van der Waals surface area contributed by atoms with E-state index in [0.717, 1.165) is 17.2 Å². The number of alkyl carbamates (subject to hydrolysis) is 1. The fraction of sp³-hybridized carbons (Fsp3) is 0.524. The van der Waals surface area contributed by atoms with Gasteiger partial charge in [-0.25, -0.2) is 9.36 Å². The van der Waals surface area contributed by atoms with Crippen molar-refractivity contribution in [1.82, 2.24) is 14.9 Å². The predicted molar refractivity (Wildman–Crippen MR) is 121 cm³/mol. The molecule has 0 aliphatic rings. The van der Waals surface area contributed by atoms with E-state index in [2.05, 4.69) is 29.9 Å². The molecule has 0 aliphatic heterocycles. The van der Waals surface area contributed by atoms with Crippen LogP contribution >= 0.6 is 0 Å². The largest absolute Gasteiger partial charge is 0.444 e. The quantitative estimate of drug-likeness (QED) is 0.256. The highest BCUT2D eigenvalue weighted by Gasteiger charge is 2.21. The van der Waals surface area contributed by atoms with Crippen molar-refractivity contribution in [3.63, 3.8) is 0 Å². The van der Waals surface area contributed by atoms with Crippen LogP contribution in [0.2, 0.25) is 25.7 Å². The smallest absolute Gasteiger partial charge is 0.437 e. The summed E-state index contributed by atoms with van der Waals surface area (Å²) in [5.74, 6) is -0.251. The van der Waals surface area contributed by atoms with E-state index in [-0.39, 0.29) is 12.7 Å². The van der Waals surface area contributed by atoms with Gasteiger partial charge in [-0.2, -0.15) is 0 Å². The van der Waals surface area contributed by atoms with Crippen molar-refractivity contribution >= 4 is 20.1 Å². The van der Waals surface area contributed by atoms with E-state index in [1.807, 2.05) is 24.3 Å². The Labute approximate surface area is 183 Å². The molecular weight excluding hydrogens is 416 g/mol. The lowest BCUT2D eigenvalue weighted by Crippen LogP contribution is -2.32. The first-order valence-corrected chi connectivity index (χ1v) is 13.9. The van der Waals surface area contributed by atoms with Crippen molar-refractivity contribution in [1.29, 1.82) is 0 Å². The van der Waals surface area contributed by atoms with Crippen LogP contribution < -0.4 is 5.32 Å². The molecule has 10 heteroatoms. The van der Waals surface area contributed by atoms with Gasteiger partial charge in [0.2, 0.25) is 0 Å². The Bertz CT molecular complexity index is 898. The standard InChI is InChI=1S/C21H32N4O5Si/c1-21(2,3)30-20(26)22-13-16-7-9-17(10-8-16)18-14-24(19(23-18)25(27)28)15-29-11-12-31(4,5)6/h7-10,14H,11-13,15H2,1-6H3,(H,22,26). The Morgan fingerprint density at radius 1 is 1.23 bits per heavy atom. The van der Waals surface area contributed by atoms with E-state index in [1.54, 1.807) is 27.0 Å². The molecule has 0 spiro atoms. The summed E-state index contributed by atoms with van der Waals surface area (Å²) in [6.45, 7) is 13.1. The molecule has 0 radical (unpaired) electrons. The van der Waals surface area contributed by atoms with Crippen molar-refractivity contribution in [3.8, 4) is 11.3 Å². The molecule has 9 nitrogen and oxygen atoms in total. The maximum atomic E-state index is 11.8. The molecule has 2 rings (SSSR count). The van der Waals surface area contributed by atoms with E-state index < -0.39 is 24.7 Å². The topological polar surface area (TPSA) is 109 Å². The molecule has 0 saturated heterocycles. The number of ether oxygens (including phenoxy) is 2. The zero-order valence-electron chi connectivity index (χ0n) is 19.1. The molecule has 0 aliphatic carbocycles. The summed E-state index contributed by atoms with van der Waals surface area (Å²) in [6.07, 6.45) is 1.14. The number of rotatable bonds is 9. The van der Waals surface area contributed by atoms with Crippen LogP contribution in [0.15, 0.2) is 30.5 Å². The third-order valence-electron chi connectivity index (χ3n) is 4.23. The minimum Gasteiger partial charge on any atom is -0.444 e. The number of nitrogens with zero attached hydrogens (tertiary/aromatic N) is 3. The second-order valence-corrected chi connectivity index (χ2v) is 15.2. The molecule has 0 atom stereocenters. The molecule has 1 amide bonds. The highest BCUT2D eigenvalue weighted by Crippen LogP contribution is 2.23. The van der Waals surface area contributed by atoms with Gasteiger partial charge in [0.1, 0.15) is 11.8 Å². The molecule has 170 valence electrons. The molecule has 31 heavy (non-hydrogen) atoms. The number of aromatic nitrogens is 2. The molecule has 1 N–H and O–H groups in total. The summed E-state index contributed by atoms with van der Waals surface area (Å²) in [4.78, 5) is 26.8. The van der Waals surface area contributed by atoms with Crippen LogP contribution in [0.1, 0.15) is 26.3 Å². The Morgan fingerprint density at radius 3 is 2.42 bits per heavy atom. The molecule has 0 fully saturated rings. The summed E-state index contributed by atoms with van der Waals surface area (Å²) >= 11 is 0. The second kappa shape index (κ2) is 10.1. The van der Waals surface area contributed by atoms with Crippen LogP contribution in [0.4, 0.5) is 10.7 Å². The average Bonchev–Trinajstić information content (AvgIpc) is 3.06. The van der Waals surface area contributed by atoms with Crippen molar-refractivity contribution in [2.75, 3.05) is 6.61 Å². The van der Waals surface area contributed by atoms with Crippen LogP contribution in [-0.4, -0.2) is 40.8 Å². The monoisotopic (exact) mass is 448 g/mol. The Hall–Kier alpha value is -2.72. The maximum Gasteiger partial charge on any atom is 0.437 e. The zero-order chi connectivity index (χ0) is 23.2. The first-order valence-electron chi connectivity index (χ1n) is 10.2. The summed E-state index contributed by atoms with van der Waals surface area (Å²) in [5.41, 5.74) is 1.55. The minimum atomic E-state index is -1.23. The van der Waals surface area contributed by atoms with Crippen LogP contribution in [0.3, 0.4) is 0 Å². The lowest BCUT2D eigenvalue weighted by Gasteiger charge is -2.19. The second-order valence-electron chi connectivity index (χ2n) is 9.55. The van der Waals surface area contributed by atoms with Gasteiger partial charge < -0.3 is 24.9 Å². The zero-order valence-corrected chi connectivity index (χ0v) is 20.1. The van der Waals surface area contributed by atoms with Gasteiger partial charge in [0.25, 0.3) is 0 Å². The molecule has 0 unspecified atom stereocenters. The van der Waals surface area contributed by atoms with Crippen LogP contribution in [0.25, 0.3) is 11.3 Å². The third-order valence-corrected chi connectivity index (χ3v) is 5.94. The maximum absolute atomic E-state index is 11.8. The van der Waals surface area contributed by atoms with Gasteiger partial charge in [0.15, 0.2) is 12.4 Å². The number of amides is 1. The summed E-state index contributed by atoms with van der Waals surface area (Å²) < 4.78 is 12.3. The van der Waals surface area contributed by atoms with Crippen molar-refractivity contribution in [2.24, 2.45) is 0 Å². The van der Waals surface area contributed by atoms with Gasteiger partial charge in [-0.15, -0.1) is 0 Å². The number of nitro groups is 1. The summed E-state index contributed by atoms with van der Waals surface area (Å²) in [6, 6.07) is 8.29. The van der Waals surface area contributed by atoms with E-state index in [9.17, 15) is 14.9 Å². The molecule has 1 aromatic heterocycles. The normalized spacial score (nSPS) is 11.9. The highest BCUT2D eigenvalue weighted by atomic mass is 28.3. The number of imidazole rings is 1. The lowest BCUT2D eigenvalue weighted by atomic mass is 10.1. The Balaban J connectivity index is 2.02. The third kappa shape index (κ3) is 8.50. The van der Waals surface area contributed by atoms with E-state index in [4.69, 9.17) is 9.47 Å². The molecule has 0 bridgehead atoms. The van der Waals surface area contributed by atoms with Crippen molar-refractivity contribution in [3.05, 3.63) is 46.1 Å². The van der Waals surface area contributed by atoms with Crippen LogP contribution in [0, 0.1) is 10.1 Å². The Kier molecular flexibility index (Phi) is 7.96. The minimum absolute atomic E-state index is 0.0890. The molecule has 0 saturated carbocycles. The number of nitrogens with one attached hydrogen (secondary N) is 1. The molecule has 1 aromatic carbocycles. The lowest BCUT2D eigenvalue weighted by molar-refractivity contribution is -0.397. The highest BCUT2D eigenvalue weighted by molar-refractivity contribution is 6.76. The van der Waals surface area contributed by atoms with Crippen LogP contribution in [0.5, 0.6) is 0 Å². The number of benzene rings is 1. The predicted octanol–water partition coefficient (Wildman–Crippen LogP) is 4.80. The number of hydrogen-bond acceptors (Lipinski definition) is 6. The van der Waals surface area contributed by atoms with E-state index >= 15 is 0 Å². The van der Waals surface area contributed by atoms with Gasteiger partial charge in [0, 0.05) is 26.8 Å². The van der Waals surface area contributed by atoms with E-state index in [0.29, 0.717) is 18.8 Å².